The molecule has 0 aliphatic rings. The third-order valence-electron chi connectivity index (χ3n) is 3.17. The highest BCUT2D eigenvalue weighted by Gasteiger charge is 2.23. The van der Waals surface area contributed by atoms with E-state index in [1.165, 1.54) is 12.7 Å². The maximum atomic E-state index is 11.2. The second-order valence-electron chi connectivity index (χ2n) is 5.99. The first-order valence-electron chi connectivity index (χ1n) is 6.82. The minimum atomic E-state index is -3.15. The standard InChI is InChI=1S/C13H30N2O2S/c1-7-11(3)9-12(8-2)14-10-13(4,5)15-18(6,16)17/h11-12,14-15H,7-10H2,1-6H3. The minimum Gasteiger partial charge on any atom is -0.312 e. The van der Waals surface area contributed by atoms with E-state index >= 15 is 0 Å². The Balaban J connectivity index is 4.26. The van der Waals surface area contributed by atoms with Crippen molar-refractivity contribution in [2.24, 2.45) is 5.92 Å². The van der Waals surface area contributed by atoms with Gasteiger partial charge in [0.15, 0.2) is 0 Å². The molecule has 2 unspecified atom stereocenters. The third-order valence-corrected chi connectivity index (χ3v) is 4.09. The van der Waals surface area contributed by atoms with Crippen LogP contribution in [0.2, 0.25) is 0 Å². The molecule has 2 atom stereocenters. The molecule has 0 amide bonds. The summed E-state index contributed by atoms with van der Waals surface area (Å²) in [5, 5.41) is 3.47. The Morgan fingerprint density at radius 3 is 2.11 bits per heavy atom. The van der Waals surface area contributed by atoms with Crippen molar-refractivity contribution in [3.63, 3.8) is 0 Å². The van der Waals surface area contributed by atoms with E-state index in [1.54, 1.807) is 0 Å². The maximum absolute atomic E-state index is 11.2. The largest absolute Gasteiger partial charge is 0.312 e. The summed E-state index contributed by atoms with van der Waals surface area (Å²) in [7, 11) is -3.15. The van der Waals surface area contributed by atoms with E-state index in [4.69, 9.17) is 0 Å². The lowest BCUT2D eigenvalue weighted by atomic mass is 9.97. The first-order valence-corrected chi connectivity index (χ1v) is 8.71. The van der Waals surface area contributed by atoms with Crippen LogP contribution in [-0.4, -0.2) is 32.8 Å². The Bertz CT molecular complexity index is 326. The smallest absolute Gasteiger partial charge is 0.209 e. The van der Waals surface area contributed by atoms with Crippen LogP contribution in [0.25, 0.3) is 0 Å². The molecule has 0 bridgehead atoms. The van der Waals surface area contributed by atoms with Crippen LogP contribution in [0.3, 0.4) is 0 Å². The van der Waals surface area contributed by atoms with E-state index < -0.39 is 15.6 Å². The van der Waals surface area contributed by atoms with E-state index in [0.717, 1.165) is 12.8 Å². The number of hydrogen-bond donors (Lipinski definition) is 2. The van der Waals surface area contributed by atoms with Crippen molar-refractivity contribution in [2.75, 3.05) is 12.8 Å². The average molecular weight is 278 g/mol. The van der Waals surface area contributed by atoms with Gasteiger partial charge >= 0.3 is 0 Å². The molecule has 0 saturated carbocycles. The summed E-state index contributed by atoms with van der Waals surface area (Å²) in [5.74, 6) is 0.702. The molecular weight excluding hydrogens is 248 g/mol. The molecule has 0 aliphatic heterocycles. The highest BCUT2D eigenvalue weighted by Crippen LogP contribution is 2.13. The molecule has 0 aromatic carbocycles. The van der Waals surface area contributed by atoms with Gasteiger partial charge in [-0.05, 0) is 32.6 Å². The van der Waals surface area contributed by atoms with Gasteiger partial charge in [0.2, 0.25) is 10.0 Å². The molecule has 0 aromatic rings. The highest BCUT2D eigenvalue weighted by molar-refractivity contribution is 7.88. The number of hydrogen-bond acceptors (Lipinski definition) is 3. The van der Waals surface area contributed by atoms with Crippen LogP contribution in [0.15, 0.2) is 0 Å². The average Bonchev–Trinajstić information content (AvgIpc) is 2.20. The zero-order valence-corrected chi connectivity index (χ0v) is 13.5. The molecule has 0 rings (SSSR count). The van der Waals surface area contributed by atoms with Gasteiger partial charge in [-0.3, -0.25) is 0 Å². The maximum Gasteiger partial charge on any atom is 0.209 e. The molecule has 110 valence electrons. The predicted octanol–water partition coefficient (Wildman–Crippen LogP) is 2.12. The topological polar surface area (TPSA) is 58.2 Å². The lowest BCUT2D eigenvalue weighted by molar-refractivity contribution is 0.340. The molecule has 0 aromatic heterocycles. The predicted molar refractivity (Wildman–Crippen MR) is 78.2 cm³/mol. The first kappa shape index (κ1) is 17.9. The summed E-state index contributed by atoms with van der Waals surface area (Å²) in [4.78, 5) is 0. The number of sulfonamides is 1. The van der Waals surface area contributed by atoms with E-state index in [0.29, 0.717) is 18.5 Å². The van der Waals surface area contributed by atoms with E-state index in [9.17, 15) is 8.42 Å². The van der Waals surface area contributed by atoms with E-state index in [2.05, 4.69) is 30.8 Å². The van der Waals surface area contributed by atoms with E-state index in [-0.39, 0.29) is 0 Å². The van der Waals surface area contributed by atoms with Gasteiger partial charge in [0, 0.05) is 18.1 Å². The first-order chi connectivity index (χ1) is 8.09. The summed E-state index contributed by atoms with van der Waals surface area (Å²) in [6.45, 7) is 11.1. The van der Waals surface area contributed by atoms with Gasteiger partial charge in [-0.25, -0.2) is 13.1 Å². The lowest BCUT2D eigenvalue weighted by Gasteiger charge is -2.29. The van der Waals surface area contributed by atoms with Crippen LogP contribution >= 0.6 is 0 Å². The van der Waals surface area contributed by atoms with Crippen LogP contribution < -0.4 is 10.0 Å². The van der Waals surface area contributed by atoms with Crippen LogP contribution in [0.4, 0.5) is 0 Å². The van der Waals surface area contributed by atoms with Crippen molar-refractivity contribution in [2.45, 2.75) is 65.5 Å². The van der Waals surface area contributed by atoms with Crippen LogP contribution in [0.5, 0.6) is 0 Å². The van der Waals surface area contributed by atoms with Gasteiger partial charge in [0.25, 0.3) is 0 Å². The van der Waals surface area contributed by atoms with Gasteiger partial charge in [0.05, 0.1) is 6.26 Å². The fourth-order valence-corrected chi connectivity index (χ4v) is 3.06. The molecule has 2 N–H and O–H groups in total. The van der Waals surface area contributed by atoms with Gasteiger partial charge in [0.1, 0.15) is 0 Å². The van der Waals surface area contributed by atoms with Crippen molar-refractivity contribution >= 4 is 10.0 Å². The molecular formula is C13H30N2O2S. The van der Waals surface area contributed by atoms with Crippen molar-refractivity contribution in [3.8, 4) is 0 Å². The molecule has 0 fully saturated rings. The third kappa shape index (κ3) is 8.89. The normalized spacial score (nSPS) is 16.6. The van der Waals surface area contributed by atoms with Crippen molar-refractivity contribution in [3.05, 3.63) is 0 Å². The van der Waals surface area contributed by atoms with Crippen LogP contribution in [0.1, 0.15) is 53.9 Å². The zero-order valence-electron chi connectivity index (χ0n) is 12.7. The Kier molecular flexibility index (Phi) is 7.40. The molecule has 0 aliphatic carbocycles. The van der Waals surface area contributed by atoms with Crippen molar-refractivity contribution < 1.29 is 8.42 Å². The van der Waals surface area contributed by atoms with Gasteiger partial charge in [-0.1, -0.05) is 27.2 Å². The van der Waals surface area contributed by atoms with Gasteiger partial charge < -0.3 is 5.32 Å². The molecule has 0 heterocycles. The fourth-order valence-electron chi connectivity index (χ4n) is 1.98. The molecule has 4 nitrogen and oxygen atoms in total. The van der Waals surface area contributed by atoms with Gasteiger partial charge in [-0.15, -0.1) is 0 Å². The molecule has 5 heteroatoms. The second-order valence-corrected chi connectivity index (χ2v) is 7.74. The summed E-state index contributed by atoms with van der Waals surface area (Å²) in [6, 6.07) is 0.459. The summed E-state index contributed by atoms with van der Waals surface area (Å²) < 4.78 is 25.1. The van der Waals surface area contributed by atoms with Crippen LogP contribution in [0, 0.1) is 5.92 Å². The number of nitrogens with one attached hydrogen (secondary N) is 2. The minimum absolute atomic E-state index is 0.448. The van der Waals surface area contributed by atoms with Crippen molar-refractivity contribution in [1.29, 1.82) is 0 Å². The van der Waals surface area contributed by atoms with Crippen molar-refractivity contribution in [1.82, 2.24) is 10.0 Å². The quantitative estimate of drug-likeness (QED) is 0.679. The number of rotatable bonds is 9. The SMILES string of the molecule is CCC(C)CC(CC)NCC(C)(C)NS(C)(=O)=O. The highest BCUT2D eigenvalue weighted by atomic mass is 32.2. The molecule has 0 radical (unpaired) electrons. The van der Waals surface area contributed by atoms with Gasteiger partial charge in [-0.2, -0.15) is 0 Å². The Morgan fingerprint density at radius 1 is 1.17 bits per heavy atom. The molecule has 18 heavy (non-hydrogen) atoms. The fraction of sp³-hybridized carbons (Fsp3) is 1.00. The Morgan fingerprint density at radius 2 is 1.72 bits per heavy atom. The lowest BCUT2D eigenvalue weighted by Crippen LogP contribution is -2.51. The molecule has 0 saturated heterocycles. The Labute approximate surface area is 113 Å². The Hall–Kier alpha value is -0.130. The summed E-state index contributed by atoms with van der Waals surface area (Å²) in [6.07, 6.45) is 4.59. The zero-order chi connectivity index (χ0) is 14.4. The van der Waals surface area contributed by atoms with E-state index in [1.807, 2.05) is 13.8 Å². The van der Waals surface area contributed by atoms with Crippen LogP contribution in [-0.2, 0) is 10.0 Å². The summed E-state index contributed by atoms with van der Waals surface area (Å²) >= 11 is 0. The monoisotopic (exact) mass is 278 g/mol. The summed E-state index contributed by atoms with van der Waals surface area (Å²) in [5.41, 5.74) is -0.448. The molecule has 0 spiro atoms. The second kappa shape index (κ2) is 7.46.